The van der Waals surface area contributed by atoms with Crippen LogP contribution >= 0.6 is 15.9 Å². The van der Waals surface area contributed by atoms with Crippen molar-refractivity contribution in [2.24, 2.45) is 0 Å². The molecule has 2 aromatic carbocycles. The number of halogens is 2. The minimum atomic E-state index is -0.528. The number of rotatable bonds is 4. The minimum absolute atomic E-state index is 0.00757. The number of carbonyl (C=O) groups excluding carboxylic acids is 3. The third-order valence-electron chi connectivity index (χ3n) is 5.51. The summed E-state index contributed by atoms with van der Waals surface area (Å²) in [6, 6.07) is 10.8. The van der Waals surface area contributed by atoms with Gasteiger partial charge in [0.2, 0.25) is 11.8 Å². The van der Waals surface area contributed by atoms with E-state index in [9.17, 15) is 18.8 Å². The summed E-state index contributed by atoms with van der Waals surface area (Å²) in [6.45, 7) is 1.06. The lowest BCUT2D eigenvalue weighted by Crippen LogP contribution is -2.60. The fraction of sp³-hybridized carbons (Fsp3) is 0.318. The van der Waals surface area contributed by atoms with Gasteiger partial charge < -0.3 is 15.1 Å². The summed E-state index contributed by atoms with van der Waals surface area (Å²) in [5, 5.41) is 2.55. The number of anilines is 1. The van der Waals surface area contributed by atoms with Gasteiger partial charge in [0.15, 0.2) is 0 Å². The molecule has 1 atom stereocenters. The molecule has 2 aliphatic heterocycles. The van der Waals surface area contributed by atoms with Crippen molar-refractivity contribution >= 4 is 39.3 Å². The van der Waals surface area contributed by atoms with E-state index in [1.165, 1.54) is 12.1 Å². The van der Waals surface area contributed by atoms with Crippen LogP contribution in [0.1, 0.15) is 35.2 Å². The Morgan fingerprint density at radius 3 is 2.63 bits per heavy atom. The molecule has 0 aliphatic carbocycles. The lowest BCUT2D eigenvalue weighted by molar-refractivity contribution is -0.158. The molecular weight excluding hydrogens is 453 g/mol. The molecule has 0 bridgehead atoms. The Kier molecular flexibility index (Phi) is 5.85. The number of carbonyl (C=O) groups is 3. The third-order valence-corrected chi connectivity index (χ3v) is 6.01. The zero-order chi connectivity index (χ0) is 21.3. The molecule has 0 spiro atoms. The highest BCUT2D eigenvalue weighted by Gasteiger charge is 2.40. The van der Waals surface area contributed by atoms with E-state index < -0.39 is 11.7 Å². The zero-order valence-corrected chi connectivity index (χ0v) is 17.8. The highest BCUT2D eigenvalue weighted by molar-refractivity contribution is 9.10. The van der Waals surface area contributed by atoms with Crippen LogP contribution in [0.4, 0.5) is 10.1 Å². The average molecular weight is 474 g/mol. The summed E-state index contributed by atoms with van der Waals surface area (Å²) >= 11 is 3.18. The van der Waals surface area contributed by atoms with Gasteiger partial charge >= 0.3 is 0 Å². The van der Waals surface area contributed by atoms with E-state index in [4.69, 9.17) is 0 Å². The number of nitrogens with zero attached hydrogens (tertiary/aromatic N) is 2. The smallest absolute Gasteiger partial charge is 0.255 e. The van der Waals surface area contributed by atoms with Crippen molar-refractivity contribution in [1.29, 1.82) is 0 Å². The van der Waals surface area contributed by atoms with Gasteiger partial charge in [-0.15, -0.1) is 0 Å². The maximum absolute atomic E-state index is 13.9. The molecule has 0 saturated carbocycles. The lowest BCUT2D eigenvalue weighted by atomic mass is 9.98. The molecule has 6 nitrogen and oxygen atoms in total. The SMILES string of the molecule is O=C(Nc1ccc(Br)cc1F)c1ccc(CN2CC(=O)N3CCCCC3C2=O)cc1. The number of nitrogens with one attached hydrogen (secondary N) is 1. The van der Waals surface area contributed by atoms with Gasteiger partial charge in [-0.05, 0) is 55.2 Å². The van der Waals surface area contributed by atoms with E-state index >= 15 is 0 Å². The van der Waals surface area contributed by atoms with Crippen LogP contribution in [0.5, 0.6) is 0 Å². The van der Waals surface area contributed by atoms with Crippen LogP contribution in [0.25, 0.3) is 0 Å². The molecule has 2 saturated heterocycles. The molecule has 2 heterocycles. The van der Waals surface area contributed by atoms with Crippen LogP contribution in [-0.2, 0) is 16.1 Å². The van der Waals surface area contributed by atoms with E-state index in [0.717, 1.165) is 18.4 Å². The largest absolute Gasteiger partial charge is 0.329 e. The number of piperidine rings is 1. The number of piperazine rings is 1. The van der Waals surface area contributed by atoms with Crippen molar-refractivity contribution in [3.05, 3.63) is 63.9 Å². The third kappa shape index (κ3) is 4.23. The van der Waals surface area contributed by atoms with Gasteiger partial charge in [0.05, 0.1) is 5.69 Å². The number of hydrogen-bond donors (Lipinski definition) is 1. The highest BCUT2D eigenvalue weighted by Crippen LogP contribution is 2.24. The van der Waals surface area contributed by atoms with Crippen molar-refractivity contribution in [2.75, 3.05) is 18.4 Å². The van der Waals surface area contributed by atoms with Crippen LogP contribution < -0.4 is 5.32 Å². The van der Waals surface area contributed by atoms with Crippen LogP contribution in [0.3, 0.4) is 0 Å². The quantitative estimate of drug-likeness (QED) is 0.737. The van der Waals surface area contributed by atoms with Crippen LogP contribution in [-0.4, -0.2) is 46.7 Å². The van der Waals surface area contributed by atoms with Gasteiger partial charge in [0, 0.05) is 23.1 Å². The molecule has 1 unspecified atom stereocenters. The summed E-state index contributed by atoms with van der Waals surface area (Å²) in [4.78, 5) is 40.8. The second-order valence-electron chi connectivity index (χ2n) is 7.57. The Morgan fingerprint density at radius 2 is 1.90 bits per heavy atom. The van der Waals surface area contributed by atoms with Crippen LogP contribution in [0.2, 0.25) is 0 Å². The molecule has 30 heavy (non-hydrogen) atoms. The van der Waals surface area contributed by atoms with E-state index in [1.54, 1.807) is 40.1 Å². The summed E-state index contributed by atoms with van der Waals surface area (Å²) in [6.07, 6.45) is 2.62. The van der Waals surface area contributed by atoms with Crippen LogP contribution in [0, 0.1) is 5.82 Å². The van der Waals surface area contributed by atoms with Gasteiger partial charge in [-0.1, -0.05) is 28.1 Å². The number of amides is 3. The molecular formula is C22H21BrFN3O3. The summed E-state index contributed by atoms with van der Waals surface area (Å²) in [5.74, 6) is -0.974. The molecule has 8 heteroatoms. The van der Waals surface area contributed by atoms with Gasteiger partial charge in [0.25, 0.3) is 5.91 Å². The van der Waals surface area contributed by atoms with Crippen molar-refractivity contribution in [2.45, 2.75) is 31.8 Å². The van der Waals surface area contributed by atoms with Gasteiger partial charge in [-0.3, -0.25) is 14.4 Å². The number of hydrogen-bond acceptors (Lipinski definition) is 3. The maximum atomic E-state index is 13.9. The monoisotopic (exact) mass is 473 g/mol. The van der Waals surface area contributed by atoms with Crippen molar-refractivity contribution in [3.8, 4) is 0 Å². The first-order valence-corrected chi connectivity index (χ1v) is 10.7. The Balaban J connectivity index is 1.41. The Labute approximate surface area is 182 Å². The lowest BCUT2D eigenvalue weighted by Gasteiger charge is -2.42. The second kappa shape index (κ2) is 8.55. The molecule has 2 fully saturated rings. The second-order valence-corrected chi connectivity index (χ2v) is 8.48. The molecule has 2 aliphatic rings. The van der Waals surface area contributed by atoms with E-state index in [2.05, 4.69) is 21.2 Å². The van der Waals surface area contributed by atoms with Gasteiger partial charge in [-0.25, -0.2) is 4.39 Å². The topological polar surface area (TPSA) is 69.7 Å². The zero-order valence-electron chi connectivity index (χ0n) is 16.2. The molecule has 0 radical (unpaired) electrons. The average Bonchev–Trinajstić information content (AvgIpc) is 2.74. The standard InChI is InChI=1S/C22H21BrFN3O3/c23-16-8-9-18(17(24)11-16)25-21(29)15-6-4-14(5-7-15)12-26-13-20(28)27-10-2-1-3-19(27)22(26)30/h4-9,11,19H,1-3,10,12-13H2,(H,25,29). The van der Waals surface area contributed by atoms with Gasteiger partial charge in [-0.2, -0.15) is 0 Å². The highest BCUT2D eigenvalue weighted by atomic mass is 79.9. The molecule has 0 aromatic heterocycles. The fourth-order valence-electron chi connectivity index (χ4n) is 3.93. The molecule has 4 rings (SSSR count). The molecule has 3 amide bonds. The van der Waals surface area contributed by atoms with Crippen molar-refractivity contribution in [3.63, 3.8) is 0 Å². The molecule has 156 valence electrons. The van der Waals surface area contributed by atoms with E-state index in [-0.39, 0.29) is 30.1 Å². The first-order chi connectivity index (χ1) is 14.4. The van der Waals surface area contributed by atoms with Crippen molar-refractivity contribution in [1.82, 2.24) is 9.80 Å². The Morgan fingerprint density at radius 1 is 1.13 bits per heavy atom. The summed E-state index contributed by atoms with van der Waals surface area (Å²) < 4.78 is 14.5. The normalized spacial score (nSPS) is 18.9. The maximum Gasteiger partial charge on any atom is 0.255 e. The summed E-state index contributed by atoms with van der Waals surface area (Å²) in [5.41, 5.74) is 1.30. The first-order valence-electron chi connectivity index (χ1n) is 9.86. The molecule has 2 aromatic rings. The number of benzene rings is 2. The van der Waals surface area contributed by atoms with E-state index in [1.807, 2.05) is 0 Å². The van der Waals surface area contributed by atoms with E-state index in [0.29, 0.717) is 29.5 Å². The molecule has 1 N–H and O–H groups in total. The summed E-state index contributed by atoms with van der Waals surface area (Å²) in [7, 11) is 0. The fourth-order valence-corrected chi connectivity index (χ4v) is 4.26. The Hall–Kier alpha value is -2.74. The minimum Gasteiger partial charge on any atom is -0.329 e. The van der Waals surface area contributed by atoms with Crippen molar-refractivity contribution < 1.29 is 18.8 Å². The predicted octanol–water partition coefficient (Wildman–Crippen LogP) is 3.56. The van der Waals surface area contributed by atoms with Gasteiger partial charge in [0.1, 0.15) is 18.4 Å². The first kappa shape index (κ1) is 20.5. The number of fused-ring (bicyclic) bond motifs is 1. The Bertz CT molecular complexity index is 996. The predicted molar refractivity (Wildman–Crippen MR) is 113 cm³/mol. The van der Waals surface area contributed by atoms with Crippen LogP contribution in [0.15, 0.2) is 46.9 Å².